The number of carbonyl (C=O) groups excluding carboxylic acids is 1. The summed E-state index contributed by atoms with van der Waals surface area (Å²) in [6.07, 6.45) is -0.353. The highest BCUT2D eigenvalue weighted by Gasteiger charge is 2.18. The van der Waals surface area contributed by atoms with Crippen LogP contribution in [0.3, 0.4) is 0 Å². The number of rotatable bonds is 3. The van der Waals surface area contributed by atoms with Gasteiger partial charge in [0, 0.05) is 13.0 Å². The zero-order valence-corrected chi connectivity index (χ0v) is 9.66. The maximum atomic E-state index is 10.9. The van der Waals surface area contributed by atoms with Gasteiger partial charge in [0.15, 0.2) is 0 Å². The maximum absolute atomic E-state index is 10.9. The molecule has 0 amide bonds. The normalized spacial score (nSPS) is 13.5. The van der Waals surface area contributed by atoms with E-state index in [-0.39, 0.29) is 30.5 Å². The maximum Gasteiger partial charge on any atom is 0.303 e. The van der Waals surface area contributed by atoms with Crippen LogP contribution in [-0.4, -0.2) is 12.0 Å². The predicted molar refractivity (Wildman–Crippen MR) is 61.8 cm³/mol. The first-order valence-corrected chi connectivity index (χ1v) is 4.59. The van der Waals surface area contributed by atoms with Crippen molar-refractivity contribution in [3.05, 3.63) is 35.9 Å². The standard InChI is InChI=1S/C11H15NO2.ClH/c1-8(12)11(14-9(2)13)10-6-4-3-5-7-10;/h3-8,11H,12H2,1-2H3;1H. The summed E-state index contributed by atoms with van der Waals surface area (Å²) < 4.78 is 5.13. The van der Waals surface area contributed by atoms with Crippen LogP contribution in [0, 0.1) is 0 Å². The number of hydrogen-bond acceptors (Lipinski definition) is 3. The fourth-order valence-corrected chi connectivity index (χ4v) is 1.30. The molecule has 0 saturated heterocycles. The molecule has 84 valence electrons. The van der Waals surface area contributed by atoms with Gasteiger partial charge in [-0.15, -0.1) is 12.4 Å². The number of carbonyl (C=O) groups is 1. The van der Waals surface area contributed by atoms with E-state index in [1.807, 2.05) is 37.3 Å². The van der Waals surface area contributed by atoms with Gasteiger partial charge in [-0.25, -0.2) is 0 Å². The molecule has 0 aliphatic rings. The van der Waals surface area contributed by atoms with Gasteiger partial charge >= 0.3 is 5.97 Å². The minimum Gasteiger partial charge on any atom is -0.456 e. The number of hydrogen-bond donors (Lipinski definition) is 1. The van der Waals surface area contributed by atoms with Crippen molar-refractivity contribution in [2.24, 2.45) is 5.73 Å². The van der Waals surface area contributed by atoms with Gasteiger partial charge in [0.1, 0.15) is 6.10 Å². The average molecular weight is 230 g/mol. The molecule has 15 heavy (non-hydrogen) atoms. The van der Waals surface area contributed by atoms with E-state index in [4.69, 9.17) is 10.5 Å². The molecule has 0 saturated carbocycles. The Hall–Kier alpha value is -1.06. The highest BCUT2D eigenvalue weighted by molar-refractivity contribution is 5.85. The summed E-state index contributed by atoms with van der Waals surface area (Å²) in [6.45, 7) is 3.21. The molecule has 0 spiro atoms. The lowest BCUT2D eigenvalue weighted by Crippen LogP contribution is -2.28. The molecular formula is C11H16ClNO2. The first-order chi connectivity index (χ1) is 6.61. The van der Waals surface area contributed by atoms with E-state index in [2.05, 4.69) is 0 Å². The highest BCUT2D eigenvalue weighted by Crippen LogP contribution is 2.19. The van der Waals surface area contributed by atoms with Crippen molar-refractivity contribution < 1.29 is 9.53 Å². The van der Waals surface area contributed by atoms with Crippen LogP contribution in [0.2, 0.25) is 0 Å². The number of esters is 1. The Kier molecular flexibility index (Phi) is 5.97. The summed E-state index contributed by atoms with van der Waals surface area (Å²) in [5, 5.41) is 0. The van der Waals surface area contributed by atoms with Crippen LogP contribution in [0.1, 0.15) is 25.5 Å². The SMILES string of the molecule is CC(=O)OC(c1ccccc1)C(C)N.Cl. The van der Waals surface area contributed by atoms with Crippen molar-refractivity contribution >= 4 is 18.4 Å². The molecule has 0 fully saturated rings. The van der Waals surface area contributed by atoms with Crippen LogP contribution in [0.25, 0.3) is 0 Å². The molecule has 0 aliphatic carbocycles. The first-order valence-electron chi connectivity index (χ1n) is 4.59. The van der Waals surface area contributed by atoms with Crippen LogP contribution in [0.4, 0.5) is 0 Å². The molecule has 3 nitrogen and oxygen atoms in total. The molecule has 1 aromatic carbocycles. The second kappa shape index (κ2) is 6.43. The van der Waals surface area contributed by atoms with Crippen LogP contribution >= 0.6 is 12.4 Å². The Morgan fingerprint density at radius 1 is 1.33 bits per heavy atom. The third kappa shape index (κ3) is 4.32. The van der Waals surface area contributed by atoms with Gasteiger partial charge in [0.2, 0.25) is 0 Å². The second-order valence-electron chi connectivity index (χ2n) is 3.30. The number of halogens is 1. The Bertz CT molecular complexity index is 301. The zero-order valence-electron chi connectivity index (χ0n) is 8.84. The third-order valence-electron chi connectivity index (χ3n) is 1.90. The van der Waals surface area contributed by atoms with Crippen molar-refractivity contribution in [1.82, 2.24) is 0 Å². The molecular weight excluding hydrogens is 214 g/mol. The lowest BCUT2D eigenvalue weighted by atomic mass is 10.0. The Morgan fingerprint density at radius 3 is 2.27 bits per heavy atom. The molecule has 2 unspecified atom stereocenters. The molecule has 2 atom stereocenters. The van der Waals surface area contributed by atoms with Gasteiger partial charge in [-0.3, -0.25) is 4.79 Å². The Labute approximate surface area is 96.0 Å². The number of nitrogens with two attached hydrogens (primary N) is 1. The van der Waals surface area contributed by atoms with Crippen molar-refractivity contribution in [2.75, 3.05) is 0 Å². The zero-order chi connectivity index (χ0) is 10.6. The van der Waals surface area contributed by atoms with E-state index in [0.29, 0.717) is 0 Å². The molecule has 0 radical (unpaired) electrons. The second-order valence-corrected chi connectivity index (χ2v) is 3.30. The van der Waals surface area contributed by atoms with E-state index in [1.54, 1.807) is 0 Å². The topological polar surface area (TPSA) is 52.3 Å². The largest absolute Gasteiger partial charge is 0.456 e. The van der Waals surface area contributed by atoms with Crippen molar-refractivity contribution in [3.63, 3.8) is 0 Å². The quantitative estimate of drug-likeness (QED) is 0.808. The van der Waals surface area contributed by atoms with Gasteiger partial charge in [0.25, 0.3) is 0 Å². The van der Waals surface area contributed by atoms with Crippen molar-refractivity contribution in [1.29, 1.82) is 0 Å². The summed E-state index contributed by atoms with van der Waals surface area (Å²) in [5.41, 5.74) is 6.67. The summed E-state index contributed by atoms with van der Waals surface area (Å²) in [6, 6.07) is 9.30. The molecule has 1 rings (SSSR count). The van der Waals surface area contributed by atoms with Crippen molar-refractivity contribution in [2.45, 2.75) is 26.0 Å². The van der Waals surface area contributed by atoms with E-state index in [9.17, 15) is 4.79 Å². The number of benzene rings is 1. The molecule has 0 aliphatic heterocycles. The van der Waals surface area contributed by atoms with Gasteiger partial charge in [-0.1, -0.05) is 30.3 Å². The van der Waals surface area contributed by atoms with Gasteiger partial charge in [-0.2, -0.15) is 0 Å². The van der Waals surface area contributed by atoms with Gasteiger partial charge < -0.3 is 10.5 Å². The van der Waals surface area contributed by atoms with Crippen LogP contribution in [-0.2, 0) is 9.53 Å². The summed E-state index contributed by atoms with van der Waals surface area (Å²) in [5.74, 6) is -0.309. The minimum absolute atomic E-state index is 0. The molecule has 4 heteroatoms. The predicted octanol–water partition coefficient (Wildman–Crippen LogP) is 2.06. The van der Waals surface area contributed by atoms with Crippen LogP contribution < -0.4 is 5.73 Å². The molecule has 0 aromatic heterocycles. The molecule has 1 aromatic rings. The molecule has 0 heterocycles. The van der Waals surface area contributed by atoms with Crippen LogP contribution in [0.15, 0.2) is 30.3 Å². The first kappa shape index (κ1) is 13.9. The summed E-state index contributed by atoms with van der Waals surface area (Å²) in [4.78, 5) is 10.9. The fraction of sp³-hybridized carbons (Fsp3) is 0.364. The van der Waals surface area contributed by atoms with E-state index in [0.717, 1.165) is 5.56 Å². The van der Waals surface area contributed by atoms with E-state index >= 15 is 0 Å². The Balaban J connectivity index is 0.00000196. The summed E-state index contributed by atoms with van der Waals surface area (Å²) in [7, 11) is 0. The molecule has 0 bridgehead atoms. The number of ether oxygens (including phenoxy) is 1. The minimum atomic E-state index is -0.353. The summed E-state index contributed by atoms with van der Waals surface area (Å²) >= 11 is 0. The lowest BCUT2D eigenvalue weighted by molar-refractivity contribution is -0.147. The van der Waals surface area contributed by atoms with Crippen LogP contribution in [0.5, 0.6) is 0 Å². The monoisotopic (exact) mass is 229 g/mol. The fourth-order valence-electron chi connectivity index (χ4n) is 1.30. The molecule has 2 N–H and O–H groups in total. The Morgan fingerprint density at radius 2 is 1.87 bits per heavy atom. The average Bonchev–Trinajstić information content (AvgIpc) is 2.15. The van der Waals surface area contributed by atoms with E-state index in [1.165, 1.54) is 6.92 Å². The lowest BCUT2D eigenvalue weighted by Gasteiger charge is -2.20. The third-order valence-corrected chi connectivity index (χ3v) is 1.90. The van der Waals surface area contributed by atoms with Gasteiger partial charge in [0.05, 0.1) is 0 Å². The van der Waals surface area contributed by atoms with Gasteiger partial charge in [-0.05, 0) is 12.5 Å². The van der Waals surface area contributed by atoms with Crippen molar-refractivity contribution in [3.8, 4) is 0 Å². The highest BCUT2D eigenvalue weighted by atomic mass is 35.5. The smallest absolute Gasteiger partial charge is 0.303 e. The van der Waals surface area contributed by atoms with E-state index < -0.39 is 0 Å².